The summed E-state index contributed by atoms with van der Waals surface area (Å²) in [5.74, 6) is 0.618. The van der Waals surface area contributed by atoms with Crippen molar-refractivity contribution in [3.05, 3.63) is 35.9 Å². The van der Waals surface area contributed by atoms with Crippen LogP contribution in [0.1, 0.15) is 18.4 Å². The number of piperidine rings is 1. The molecule has 1 aliphatic rings. The molecule has 94 valence electrons. The van der Waals surface area contributed by atoms with Gasteiger partial charge in [-0.1, -0.05) is 30.3 Å². The van der Waals surface area contributed by atoms with E-state index in [0.29, 0.717) is 19.1 Å². The highest BCUT2D eigenvalue weighted by Gasteiger charge is 2.20. The molecule has 3 heteroatoms. The van der Waals surface area contributed by atoms with Crippen molar-refractivity contribution >= 4 is 0 Å². The quantitative estimate of drug-likeness (QED) is 0.812. The van der Waals surface area contributed by atoms with Gasteiger partial charge in [-0.15, -0.1) is 0 Å². The fourth-order valence-corrected chi connectivity index (χ4v) is 2.30. The minimum atomic E-state index is 0.181. The SMILES string of the molecule is NC(COCc1ccccc1)C1CCNCC1. The van der Waals surface area contributed by atoms with Gasteiger partial charge in [-0.3, -0.25) is 0 Å². The lowest BCUT2D eigenvalue weighted by Gasteiger charge is -2.27. The van der Waals surface area contributed by atoms with E-state index < -0.39 is 0 Å². The average Bonchev–Trinajstić information content (AvgIpc) is 2.41. The molecule has 1 fully saturated rings. The van der Waals surface area contributed by atoms with Gasteiger partial charge in [-0.05, 0) is 37.4 Å². The Labute approximate surface area is 103 Å². The lowest BCUT2D eigenvalue weighted by atomic mass is 9.91. The van der Waals surface area contributed by atoms with Crippen molar-refractivity contribution in [2.24, 2.45) is 11.7 Å². The highest BCUT2D eigenvalue weighted by molar-refractivity contribution is 5.13. The normalized spacial score (nSPS) is 19.1. The van der Waals surface area contributed by atoms with Gasteiger partial charge in [-0.2, -0.15) is 0 Å². The Kier molecular flexibility index (Phi) is 4.98. The van der Waals surface area contributed by atoms with Crippen molar-refractivity contribution in [3.8, 4) is 0 Å². The molecule has 1 saturated heterocycles. The van der Waals surface area contributed by atoms with Crippen LogP contribution >= 0.6 is 0 Å². The third-order valence-electron chi connectivity index (χ3n) is 3.41. The summed E-state index contributed by atoms with van der Waals surface area (Å²) in [5, 5.41) is 3.36. The van der Waals surface area contributed by atoms with Gasteiger partial charge in [0.1, 0.15) is 0 Å². The van der Waals surface area contributed by atoms with Crippen LogP contribution in [-0.2, 0) is 11.3 Å². The van der Waals surface area contributed by atoms with E-state index in [0.717, 1.165) is 13.1 Å². The molecule has 0 aromatic heterocycles. The van der Waals surface area contributed by atoms with Gasteiger partial charge in [0, 0.05) is 6.04 Å². The number of ether oxygens (including phenoxy) is 1. The van der Waals surface area contributed by atoms with Crippen LogP contribution < -0.4 is 11.1 Å². The van der Waals surface area contributed by atoms with Crippen LogP contribution in [0.5, 0.6) is 0 Å². The third-order valence-corrected chi connectivity index (χ3v) is 3.41. The lowest BCUT2D eigenvalue weighted by molar-refractivity contribution is 0.0876. The summed E-state index contributed by atoms with van der Waals surface area (Å²) < 4.78 is 5.69. The van der Waals surface area contributed by atoms with Gasteiger partial charge in [0.05, 0.1) is 13.2 Å². The zero-order chi connectivity index (χ0) is 11.9. The highest BCUT2D eigenvalue weighted by Crippen LogP contribution is 2.15. The molecule has 1 aliphatic heterocycles. The van der Waals surface area contributed by atoms with E-state index in [9.17, 15) is 0 Å². The van der Waals surface area contributed by atoms with E-state index in [4.69, 9.17) is 10.5 Å². The van der Waals surface area contributed by atoms with Crippen LogP contribution in [0.4, 0.5) is 0 Å². The van der Waals surface area contributed by atoms with E-state index >= 15 is 0 Å². The molecular weight excluding hydrogens is 212 g/mol. The standard InChI is InChI=1S/C14H22N2O/c15-14(13-6-8-16-9-7-13)11-17-10-12-4-2-1-3-5-12/h1-5,13-14,16H,6-11,15H2. The van der Waals surface area contributed by atoms with Gasteiger partial charge in [0.15, 0.2) is 0 Å². The molecule has 1 unspecified atom stereocenters. The van der Waals surface area contributed by atoms with E-state index in [1.807, 2.05) is 18.2 Å². The maximum absolute atomic E-state index is 6.16. The first-order chi connectivity index (χ1) is 8.36. The van der Waals surface area contributed by atoms with Crippen molar-refractivity contribution in [1.82, 2.24) is 5.32 Å². The molecule has 0 spiro atoms. The Morgan fingerprint density at radius 1 is 1.24 bits per heavy atom. The Balaban J connectivity index is 1.67. The predicted molar refractivity (Wildman–Crippen MR) is 69.7 cm³/mol. The second-order valence-electron chi connectivity index (χ2n) is 4.75. The van der Waals surface area contributed by atoms with Gasteiger partial charge in [0.2, 0.25) is 0 Å². The van der Waals surface area contributed by atoms with Crippen LogP contribution in [-0.4, -0.2) is 25.7 Å². The lowest BCUT2D eigenvalue weighted by Crippen LogP contribution is -2.41. The van der Waals surface area contributed by atoms with Crippen LogP contribution in [0.2, 0.25) is 0 Å². The number of hydrogen-bond acceptors (Lipinski definition) is 3. The van der Waals surface area contributed by atoms with Crippen molar-refractivity contribution in [3.63, 3.8) is 0 Å². The van der Waals surface area contributed by atoms with Crippen LogP contribution in [0.3, 0.4) is 0 Å². The average molecular weight is 234 g/mol. The summed E-state index contributed by atoms with van der Waals surface area (Å²) in [6.07, 6.45) is 2.35. The molecule has 2 rings (SSSR count). The number of benzene rings is 1. The van der Waals surface area contributed by atoms with Gasteiger partial charge in [0.25, 0.3) is 0 Å². The number of nitrogens with one attached hydrogen (secondary N) is 1. The number of nitrogens with two attached hydrogens (primary N) is 1. The first kappa shape index (κ1) is 12.6. The van der Waals surface area contributed by atoms with Crippen molar-refractivity contribution in [2.75, 3.05) is 19.7 Å². The second-order valence-corrected chi connectivity index (χ2v) is 4.75. The number of hydrogen-bond donors (Lipinski definition) is 2. The monoisotopic (exact) mass is 234 g/mol. The zero-order valence-corrected chi connectivity index (χ0v) is 10.3. The summed E-state index contributed by atoms with van der Waals surface area (Å²) >= 11 is 0. The fourth-order valence-electron chi connectivity index (χ4n) is 2.30. The molecular formula is C14H22N2O. The van der Waals surface area contributed by atoms with E-state index in [-0.39, 0.29) is 6.04 Å². The molecule has 3 N–H and O–H groups in total. The Morgan fingerprint density at radius 2 is 1.94 bits per heavy atom. The fraction of sp³-hybridized carbons (Fsp3) is 0.571. The maximum Gasteiger partial charge on any atom is 0.0717 e. The van der Waals surface area contributed by atoms with Crippen LogP contribution in [0.15, 0.2) is 30.3 Å². The second kappa shape index (κ2) is 6.74. The van der Waals surface area contributed by atoms with Crippen molar-refractivity contribution in [2.45, 2.75) is 25.5 Å². The highest BCUT2D eigenvalue weighted by atomic mass is 16.5. The first-order valence-electron chi connectivity index (χ1n) is 6.44. The largest absolute Gasteiger partial charge is 0.375 e. The third kappa shape index (κ3) is 4.11. The van der Waals surface area contributed by atoms with Crippen LogP contribution in [0.25, 0.3) is 0 Å². The molecule has 0 radical (unpaired) electrons. The number of rotatable bonds is 5. The summed E-state index contributed by atoms with van der Waals surface area (Å²) in [6.45, 7) is 3.52. The van der Waals surface area contributed by atoms with E-state index in [1.165, 1.54) is 18.4 Å². The minimum Gasteiger partial charge on any atom is -0.375 e. The Hall–Kier alpha value is -0.900. The summed E-state index contributed by atoms with van der Waals surface area (Å²) in [4.78, 5) is 0. The van der Waals surface area contributed by atoms with E-state index in [2.05, 4.69) is 17.4 Å². The van der Waals surface area contributed by atoms with Gasteiger partial charge in [-0.25, -0.2) is 0 Å². The van der Waals surface area contributed by atoms with E-state index in [1.54, 1.807) is 0 Å². The minimum absolute atomic E-state index is 0.181. The molecule has 0 aliphatic carbocycles. The molecule has 0 saturated carbocycles. The summed E-state index contributed by atoms with van der Waals surface area (Å²) in [6, 6.07) is 10.4. The zero-order valence-electron chi connectivity index (χ0n) is 10.3. The summed E-state index contributed by atoms with van der Waals surface area (Å²) in [7, 11) is 0. The molecule has 1 aromatic carbocycles. The molecule has 1 atom stereocenters. The smallest absolute Gasteiger partial charge is 0.0717 e. The topological polar surface area (TPSA) is 47.3 Å². The first-order valence-corrected chi connectivity index (χ1v) is 6.44. The molecule has 0 amide bonds. The van der Waals surface area contributed by atoms with Crippen LogP contribution in [0, 0.1) is 5.92 Å². The van der Waals surface area contributed by atoms with Gasteiger partial charge >= 0.3 is 0 Å². The predicted octanol–water partition coefficient (Wildman–Crippen LogP) is 1.53. The Morgan fingerprint density at radius 3 is 2.65 bits per heavy atom. The molecule has 0 bridgehead atoms. The van der Waals surface area contributed by atoms with Crippen molar-refractivity contribution in [1.29, 1.82) is 0 Å². The Bertz CT molecular complexity index is 309. The molecule has 17 heavy (non-hydrogen) atoms. The molecule has 1 aromatic rings. The van der Waals surface area contributed by atoms with Gasteiger partial charge < -0.3 is 15.8 Å². The summed E-state index contributed by atoms with van der Waals surface area (Å²) in [5.41, 5.74) is 7.37. The van der Waals surface area contributed by atoms with Crippen molar-refractivity contribution < 1.29 is 4.74 Å². The molecule has 3 nitrogen and oxygen atoms in total. The maximum atomic E-state index is 6.16. The molecule has 1 heterocycles.